The number of aromatic amines is 1. The molecule has 0 unspecified atom stereocenters. The van der Waals surface area contributed by atoms with Crippen LogP contribution in [-0.4, -0.2) is 15.2 Å². The van der Waals surface area contributed by atoms with E-state index >= 15 is 0 Å². The zero-order valence-electron chi connectivity index (χ0n) is 7.57. The summed E-state index contributed by atoms with van der Waals surface area (Å²) < 4.78 is 12.8. The van der Waals surface area contributed by atoms with E-state index in [-0.39, 0.29) is 11.6 Å². The fourth-order valence-electron chi connectivity index (χ4n) is 1.09. The number of nitrogens with zero attached hydrogens (tertiary/aromatic N) is 2. The van der Waals surface area contributed by atoms with Gasteiger partial charge in [-0.2, -0.15) is 10.1 Å². The van der Waals surface area contributed by atoms with E-state index in [1.54, 1.807) is 12.1 Å². The van der Waals surface area contributed by atoms with Crippen molar-refractivity contribution in [3.63, 3.8) is 0 Å². The average Bonchev–Trinajstić information content (AvgIpc) is 2.17. The van der Waals surface area contributed by atoms with Crippen molar-refractivity contribution in [3.05, 3.63) is 46.8 Å². The van der Waals surface area contributed by atoms with E-state index in [0.717, 1.165) is 0 Å². The highest BCUT2D eigenvalue weighted by atomic mass is 19.1. The molecule has 5 nitrogen and oxygen atoms in total. The van der Waals surface area contributed by atoms with Crippen LogP contribution in [0.25, 0.3) is 0 Å². The Bertz CT molecular complexity index is 525. The summed E-state index contributed by atoms with van der Waals surface area (Å²) >= 11 is 0. The van der Waals surface area contributed by atoms with Crippen molar-refractivity contribution in [1.82, 2.24) is 15.2 Å². The van der Waals surface area contributed by atoms with Crippen molar-refractivity contribution in [3.8, 4) is 0 Å². The lowest BCUT2D eigenvalue weighted by Crippen LogP contribution is -2.13. The van der Waals surface area contributed by atoms with E-state index in [4.69, 9.17) is 0 Å². The molecule has 0 saturated carbocycles. The number of aromatic nitrogens is 3. The van der Waals surface area contributed by atoms with Gasteiger partial charge in [0, 0.05) is 5.69 Å². The predicted octanol–water partition coefficient (Wildman–Crippen LogP) is 1.05. The van der Waals surface area contributed by atoms with Crippen LogP contribution in [0.1, 0.15) is 0 Å². The first-order valence-corrected chi connectivity index (χ1v) is 4.18. The highest BCUT2D eigenvalue weighted by Crippen LogP contribution is 2.13. The standard InChI is InChI=1S/C9H7FN4O/c10-6-2-1-3-7(4-6)12-8-5-11-14-9(15)13-8/h1-5H,(H2,12,13,14,15). The molecule has 0 fully saturated rings. The van der Waals surface area contributed by atoms with Gasteiger partial charge >= 0.3 is 5.69 Å². The van der Waals surface area contributed by atoms with E-state index in [1.165, 1.54) is 18.3 Å². The largest absolute Gasteiger partial charge is 0.363 e. The molecule has 0 saturated heterocycles. The molecular weight excluding hydrogens is 199 g/mol. The molecule has 0 aliphatic carbocycles. The Balaban J connectivity index is 2.26. The second-order valence-corrected chi connectivity index (χ2v) is 2.81. The maximum atomic E-state index is 12.8. The first-order chi connectivity index (χ1) is 7.24. The summed E-state index contributed by atoms with van der Waals surface area (Å²) in [4.78, 5) is 14.4. The maximum Gasteiger partial charge on any atom is 0.363 e. The van der Waals surface area contributed by atoms with Gasteiger partial charge in [0.2, 0.25) is 0 Å². The first kappa shape index (κ1) is 9.32. The number of H-pyrrole nitrogens is 1. The Hall–Kier alpha value is -2.24. The molecule has 2 N–H and O–H groups in total. The first-order valence-electron chi connectivity index (χ1n) is 4.18. The Morgan fingerprint density at radius 3 is 3.00 bits per heavy atom. The zero-order chi connectivity index (χ0) is 10.7. The number of rotatable bonds is 2. The Morgan fingerprint density at radius 2 is 2.27 bits per heavy atom. The third-order valence-corrected chi connectivity index (χ3v) is 1.67. The zero-order valence-corrected chi connectivity index (χ0v) is 7.57. The van der Waals surface area contributed by atoms with Gasteiger partial charge in [0.25, 0.3) is 0 Å². The van der Waals surface area contributed by atoms with Crippen LogP contribution < -0.4 is 11.0 Å². The molecule has 2 aromatic rings. The molecule has 1 heterocycles. The van der Waals surface area contributed by atoms with Crippen LogP contribution in [0.3, 0.4) is 0 Å². The van der Waals surface area contributed by atoms with Gasteiger partial charge in [0.1, 0.15) is 5.82 Å². The molecule has 76 valence electrons. The van der Waals surface area contributed by atoms with Gasteiger partial charge in [-0.05, 0) is 18.2 Å². The predicted molar refractivity (Wildman–Crippen MR) is 52.3 cm³/mol. The van der Waals surface area contributed by atoms with Gasteiger partial charge < -0.3 is 5.32 Å². The van der Waals surface area contributed by atoms with Gasteiger partial charge in [-0.25, -0.2) is 14.3 Å². The quantitative estimate of drug-likeness (QED) is 0.770. The molecule has 1 aromatic carbocycles. The summed E-state index contributed by atoms with van der Waals surface area (Å²) in [6, 6.07) is 5.84. The van der Waals surface area contributed by atoms with Crippen molar-refractivity contribution in [1.29, 1.82) is 0 Å². The maximum absolute atomic E-state index is 12.8. The van der Waals surface area contributed by atoms with Gasteiger partial charge in [-0.3, -0.25) is 0 Å². The Labute approximate surface area is 84.0 Å². The van der Waals surface area contributed by atoms with Crippen molar-refractivity contribution in [2.75, 3.05) is 5.32 Å². The fourth-order valence-corrected chi connectivity index (χ4v) is 1.09. The topological polar surface area (TPSA) is 70.7 Å². The summed E-state index contributed by atoms with van der Waals surface area (Å²) in [5, 5.41) is 8.44. The third-order valence-electron chi connectivity index (χ3n) is 1.67. The normalized spacial score (nSPS) is 9.93. The van der Waals surface area contributed by atoms with Crippen LogP contribution in [0, 0.1) is 5.82 Å². The van der Waals surface area contributed by atoms with Crippen molar-refractivity contribution < 1.29 is 4.39 Å². The van der Waals surface area contributed by atoms with Crippen LogP contribution in [0.4, 0.5) is 15.9 Å². The number of hydrogen-bond donors (Lipinski definition) is 2. The minimum Gasteiger partial charge on any atom is -0.339 e. The van der Waals surface area contributed by atoms with E-state index in [9.17, 15) is 9.18 Å². The van der Waals surface area contributed by atoms with Crippen molar-refractivity contribution in [2.24, 2.45) is 0 Å². The smallest absolute Gasteiger partial charge is 0.339 e. The number of nitrogens with one attached hydrogen (secondary N) is 2. The van der Waals surface area contributed by atoms with Gasteiger partial charge in [-0.15, -0.1) is 0 Å². The van der Waals surface area contributed by atoms with Crippen LogP contribution in [0.5, 0.6) is 0 Å². The van der Waals surface area contributed by atoms with E-state index in [2.05, 4.69) is 20.5 Å². The molecule has 2 rings (SSSR count). The molecule has 0 aliphatic rings. The van der Waals surface area contributed by atoms with Crippen LogP contribution in [0.15, 0.2) is 35.3 Å². The Morgan fingerprint density at radius 1 is 1.40 bits per heavy atom. The third kappa shape index (κ3) is 2.37. The SMILES string of the molecule is O=c1nc(Nc2cccc(F)c2)cn[nH]1. The van der Waals surface area contributed by atoms with E-state index < -0.39 is 5.69 Å². The van der Waals surface area contributed by atoms with Crippen LogP contribution in [-0.2, 0) is 0 Å². The van der Waals surface area contributed by atoms with Gasteiger partial charge in [0.05, 0.1) is 6.20 Å². The number of benzene rings is 1. The minimum absolute atomic E-state index is 0.268. The second-order valence-electron chi connectivity index (χ2n) is 2.81. The minimum atomic E-state index is -0.559. The lowest BCUT2D eigenvalue weighted by atomic mass is 10.3. The molecule has 0 radical (unpaired) electrons. The number of anilines is 2. The molecule has 0 amide bonds. The molecule has 6 heteroatoms. The molecule has 0 aliphatic heterocycles. The molecule has 0 spiro atoms. The lowest BCUT2D eigenvalue weighted by Gasteiger charge is -2.03. The monoisotopic (exact) mass is 206 g/mol. The highest BCUT2D eigenvalue weighted by Gasteiger charge is 1.98. The Kier molecular flexibility index (Phi) is 2.40. The molecular formula is C9H7FN4O. The summed E-state index contributed by atoms with van der Waals surface area (Å²) in [5.74, 6) is -0.0952. The lowest BCUT2D eigenvalue weighted by molar-refractivity contribution is 0.628. The molecule has 0 bridgehead atoms. The fraction of sp³-hybridized carbons (Fsp3) is 0. The molecule has 1 aromatic heterocycles. The van der Waals surface area contributed by atoms with Crippen LogP contribution in [0.2, 0.25) is 0 Å². The van der Waals surface area contributed by atoms with E-state index in [1.807, 2.05) is 0 Å². The summed E-state index contributed by atoms with van der Waals surface area (Å²) in [6.45, 7) is 0. The van der Waals surface area contributed by atoms with Crippen LogP contribution >= 0.6 is 0 Å². The number of halogens is 1. The number of hydrogen-bond acceptors (Lipinski definition) is 4. The van der Waals surface area contributed by atoms with Gasteiger partial charge in [-0.1, -0.05) is 6.07 Å². The van der Waals surface area contributed by atoms with Crippen molar-refractivity contribution in [2.45, 2.75) is 0 Å². The summed E-state index contributed by atoms with van der Waals surface area (Å²) in [5.41, 5.74) is -0.0497. The molecule has 0 atom stereocenters. The van der Waals surface area contributed by atoms with Crippen molar-refractivity contribution >= 4 is 11.5 Å². The molecule has 15 heavy (non-hydrogen) atoms. The van der Waals surface area contributed by atoms with E-state index in [0.29, 0.717) is 5.69 Å². The second kappa shape index (κ2) is 3.87. The summed E-state index contributed by atoms with van der Waals surface area (Å²) in [6.07, 6.45) is 1.34. The highest BCUT2D eigenvalue weighted by molar-refractivity contribution is 5.54. The van der Waals surface area contributed by atoms with Gasteiger partial charge in [0.15, 0.2) is 5.82 Å². The summed E-state index contributed by atoms with van der Waals surface area (Å²) in [7, 11) is 0. The average molecular weight is 206 g/mol.